The zero-order valence-corrected chi connectivity index (χ0v) is 12.3. The van der Waals surface area contributed by atoms with E-state index < -0.39 is 0 Å². The van der Waals surface area contributed by atoms with Crippen LogP contribution in [0.4, 0.5) is 5.69 Å². The first-order valence-corrected chi connectivity index (χ1v) is 7.85. The number of carbonyl (C=O) groups excluding carboxylic acids is 1. The molecule has 0 fully saturated rings. The first kappa shape index (κ1) is 13.3. The van der Waals surface area contributed by atoms with Gasteiger partial charge in [-0.2, -0.15) is 0 Å². The molecule has 2 nitrogen and oxygen atoms in total. The molecular formula is C17H17NOS. The monoisotopic (exact) mass is 283 g/mol. The Labute approximate surface area is 123 Å². The Morgan fingerprint density at radius 3 is 2.70 bits per heavy atom. The van der Waals surface area contributed by atoms with Crippen LogP contribution >= 0.6 is 11.8 Å². The van der Waals surface area contributed by atoms with Crippen LogP contribution in [0.5, 0.6) is 0 Å². The Bertz CT molecular complexity index is 638. The van der Waals surface area contributed by atoms with Crippen molar-refractivity contribution in [3.63, 3.8) is 0 Å². The highest BCUT2D eigenvalue weighted by molar-refractivity contribution is 7.99. The summed E-state index contributed by atoms with van der Waals surface area (Å²) in [6.07, 6.45) is 1.02. The second kappa shape index (κ2) is 5.71. The minimum atomic E-state index is 0.109. The van der Waals surface area contributed by atoms with E-state index in [-0.39, 0.29) is 5.91 Å². The first-order valence-electron chi connectivity index (χ1n) is 6.87. The molecule has 0 radical (unpaired) electrons. The second-order valence-electron chi connectivity index (χ2n) is 4.94. The van der Waals surface area contributed by atoms with Crippen LogP contribution in [0, 0.1) is 6.92 Å². The van der Waals surface area contributed by atoms with Gasteiger partial charge in [-0.25, -0.2) is 0 Å². The molecular weight excluding hydrogens is 266 g/mol. The number of anilines is 1. The molecule has 102 valence electrons. The maximum absolute atomic E-state index is 12.9. The molecule has 0 unspecified atom stereocenters. The molecule has 0 aromatic heterocycles. The van der Waals surface area contributed by atoms with E-state index in [1.54, 1.807) is 0 Å². The molecule has 1 aliphatic rings. The molecule has 1 amide bonds. The van der Waals surface area contributed by atoms with Crippen LogP contribution in [0.1, 0.15) is 22.3 Å². The summed E-state index contributed by atoms with van der Waals surface area (Å²) in [5.41, 5.74) is 2.88. The third-order valence-corrected chi connectivity index (χ3v) is 4.71. The van der Waals surface area contributed by atoms with Crippen LogP contribution in [0.2, 0.25) is 0 Å². The smallest absolute Gasteiger partial charge is 0.258 e. The zero-order valence-electron chi connectivity index (χ0n) is 11.5. The van der Waals surface area contributed by atoms with Crippen molar-refractivity contribution in [1.29, 1.82) is 0 Å². The molecule has 20 heavy (non-hydrogen) atoms. The van der Waals surface area contributed by atoms with Crippen molar-refractivity contribution in [2.75, 3.05) is 17.2 Å². The van der Waals surface area contributed by atoms with Crippen molar-refractivity contribution in [3.05, 3.63) is 59.7 Å². The van der Waals surface area contributed by atoms with Crippen LogP contribution in [-0.2, 0) is 0 Å². The molecule has 2 aromatic rings. The summed E-state index contributed by atoms with van der Waals surface area (Å²) in [6, 6.07) is 16.0. The van der Waals surface area contributed by atoms with E-state index in [4.69, 9.17) is 0 Å². The van der Waals surface area contributed by atoms with E-state index in [9.17, 15) is 4.79 Å². The molecule has 1 heterocycles. The number of hydrogen-bond acceptors (Lipinski definition) is 2. The van der Waals surface area contributed by atoms with Gasteiger partial charge in [0.2, 0.25) is 0 Å². The average molecular weight is 283 g/mol. The maximum atomic E-state index is 12.9. The fraction of sp³-hybridized carbons (Fsp3) is 0.235. The van der Waals surface area contributed by atoms with E-state index in [1.807, 2.05) is 66.1 Å². The number of carbonyl (C=O) groups is 1. The van der Waals surface area contributed by atoms with Gasteiger partial charge in [-0.1, -0.05) is 30.3 Å². The van der Waals surface area contributed by atoms with Crippen molar-refractivity contribution in [2.24, 2.45) is 0 Å². The van der Waals surface area contributed by atoms with Crippen LogP contribution in [0.15, 0.2) is 53.4 Å². The van der Waals surface area contributed by atoms with Gasteiger partial charge in [0.15, 0.2) is 0 Å². The number of rotatable bonds is 1. The molecule has 2 aromatic carbocycles. The third kappa shape index (κ3) is 2.46. The summed E-state index contributed by atoms with van der Waals surface area (Å²) in [5, 5.41) is 0. The highest BCUT2D eigenvalue weighted by Gasteiger charge is 2.23. The number of amides is 1. The van der Waals surface area contributed by atoms with Crippen LogP contribution in [-0.4, -0.2) is 18.2 Å². The number of para-hydroxylation sites is 1. The lowest BCUT2D eigenvalue weighted by molar-refractivity contribution is 0.0986. The molecule has 0 bridgehead atoms. The van der Waals surface area contributed by atoms with E-state index >= 15 is 0 Å². The second-order valence-corrected chi connectivity index (χ2v) is 6.08. The summed E-state index contributed by atoms with van der Waals surface area (Å²) in [4.78, 5) is 16.0. The lowest BCUT2D eigenvalue weighted by atomic mass is 10.1. The average Bonchev–Trinajstić information content (AvgIpc) is 2.69. The highest BCUT2D eigenvalue weighted by atomic mass is 32.2. The Morgan fingerprint density at radius 1 is 1.10 bits per heavy atom. The summed E-state index contributed by atoms with van der Waals surface area (Å²) < 4.78 is 0. The van der Waals surface area contributed by atoms with Gasteiger partial charge in [-0.15, -0.1) is 11.8 Å². The number of benzene rings is 2. The van der Waals surface area contributed by atoms with Crippen molar-refractivity contribution in [2.45, 2.75) is 18.2 Å². The van der Waals surface area contributed by atoms with Gasteiger partial charge in [0.05, 0.1) is 5.69 Å². The van der Waals surface area contributed by atoms with Crippen molar-refractivity contribution < 1.29 is 4.79 Å². The molecule has 0 atom stereocenters. The topological polar surface area (TPSA) is 20.3 Å². The van der Waals surface area contributed by atoms with Gasteiger partial charge in [0, 0.05) is 17.0 Å². The number of aryl methyl sites for hydroxylation is 1. The summed E-state index contributed by atoms with van der Waals surface area (Å²) in [5.74, 6) is 1.17. The Morgan fingerprint density at radius 2 is 1.85 bits per heavy atom. The van der Waals surface area contributed by atoms with Gasteiger partial charge in [0.25, 0.3) is 5.91 Å². The molecule has 0 N–H and O–H groups in total. The van der Waals surface area contributed by atoms with Gasteiger partial charge in [-0.3, -0.25) is 4.79 Å². The predicted octanol–water partition coefficient (Wildman–Crippen LogP) is 4.14. The molecule has 0 aliphatic carbocycles. The Balaban J connectivity index is 2.02. The Hall–Kier alpha value is -1.74. The van der Waals surface area contributed by atoms with Gasteiger partial charge in [0.1, 0.15) is 0 Å². The minimum absolute atomic E-state index is 0.109. The van der Waals surface area contributed by atoms with Crippen LogP contribution < -0.4 is 4.90 Å². The van der Waals surface area contributed by atoms with Crippen LogP contribution in [0.3, 0.4) is 0 Å². The number of nitrogens with zero attached hydrogens (tertiary/aromatic N) is 1. The van der Waals surface area contributed by atoms with E-state index in [2.05, 4.69) is 6.07 Å². The normalized spacial score (nSPS) is 14.6. The predicted molar refractivity (Wildman–Crippen MR) is 84.6 cm³/mol. The largest absolute Gasteiger partial charge is 0.307 e. The summed E-state index contributed by atoms with van der Waals surface area (Å²) >= 11 is 1.84. The van der Waals surface area contributed by atoms with Gasteiger partial charge in [-0.05, 0) is 42.9 Å². The number of fused-ring (bicyclic) bond motifs is 1. The third-order valence-electron chi connectivity index (χ3n) is 3.56. The summed E-state index contributed by atoms with van der Waals surface area (Å²) in [6.45, 7) is 2.78. The number of hydrogen-bond donors (Lipinski definition) is 0. The van der Waals surface area contributed by atoms with E-state index in [0.717, 1.165) is 35.5 Å². The molecule has 0 saturated carbocycles. The van der Waals surface area contributed by atoms with E-state index in [1.165, 1.54) is 4.90 Å². The van der Waals surface area contributed by atoms with Crippen molar-refractivity contribution in [3.8, 4) is 0 Å². The van der Waals surface area contributed by atoms with Crippen molar-refractivity contribution >= 4 is 23.4 Å². The standard InChI is InChI=1S/C17H17NOS/c1-13-7-2-3-8-14(13)17(19)18-11-6-12-20-16-10-5-4-9-15(16)18/h2-5,7-10H,6,11-12H2,1H3. The first-order chi connectivity index (χ1) is 9.77. The molecule has 3 heteroatoms. The molecule has 3 rings (SSSR count). The quantitative estimate of drug-likeness (QED) is 0.784. The fourth-order valence-electron chi connectivity index (χ4n) is 2.50. The van der Waals surface area contributed by atoms with E-state index in [0.29, 0.717) is 0 Å². The maximum Gasteiger partial charge on any atom is 0.258 e. The molecule has 0 spiro atoms. The zero-order chi connectivity index (χ0) is 13.9. The lowest BCUT2D eigenvalue weighted by Crippen LogP contribution is -2.32. The van der Waals surface area contributed by atoms with Crippen LogP contribution in [0.25, 0.3) is 0 Å². The van der Waals surface area contributed by atoms with Gasteiger partial charge < -0.3 is 4.90 Å². The summed E-state index contributed by atoms with van der Waals surface area (Å²) in [7, 11) is 0. The number of thioether (sulfide) groups is 1. The van der Waals surface area contributed by atoms with Crippen molar-refractivity contribution in [1.82, 2.24) is 0 Å². The molecule has 1 aliphatic heterocycles. The highest BCUT2D eigenvalue weighted by Crippen LogP contribution is 2.34. The fourth-order valence-corrected chi connectivity index (χ4v) is 3.49. The SMILES string of the molecule is Cc1ccccc1C(=O)N1CCCSc2ccccc21. The Kier molecular flexibility index (Phi) is 3.79. The lowest BCUT2D eigenvalue weighted by Gasteiger charge is -2.23. The van der Waals surface area contributed by atoms with Gasteiger partial charge >= 0.3 is 0 Å². The molecule has 0 saturated heterocycles. The minimum Gasteiger partial charge on any atom is -0.307 e.